The van der Waals surface area contributed by atoms with Gasteiger partial charge in [-0.3, -0.25) is 4.79 Å². The van der Waals surface area contributed by atoms with Crippen LogP contribution in [-0.2, 0) is 23.9 Å². The first-order valence-corrected chi connectivity index (χ1v) is 8.08. The Morgan fingerprint density at radius 2 is 2.33 bits per heavy atom. The molecular formula is C15H20O5S. The number of carbonyl (C=O) groups excluding carboxylic acids is 3. The summed E-state index contributed by atoms with van der Waals surface area (Å²) in [6.45, 7) is 3.92. The number of esters is 2. The van der Waals surface area contributed by atoms with Crippen molar-refractivity contribution in [3.05, 3.63) is 11.0 Å². The Morgan fingerprint density at radius 1 is 1.62 bits per heavy atom. The van der Waals surface area contributed by atoms with E-state index < -0.39 is 17.5 Å². The van der Waals surface area contributed by atoms with E-state index in [1.54, 1.807) is 0 Å². The largest absolute Gasteiger partial charge is 0.469 e. The van der Waals surface area contributed by atoms with E-state index in [0.717, 1.165) is 16.9 Å². The molecule has 0 aromatic rings. The highest BCUT2D eigenvalue weighted by Crippen LogP contribution is 2.51. The topological polar surface area (TPSA) is 69.7 Å². The minimum atomic E-state index is -0.885. The fourth-order valence-electron chi connectivity index (χ4n) is 3.32. The van der Waals surface area contributed by atoms with E-state index in [-0.39, 0.29) is 17.8 Å². The van der Waals surface area contributed by atoms with Crippen LogP contribution < -0.4 is 0 Å². The molecule has 0 N–H and O–H groups in total. The number of ether oxygens (including phenoxy) is 2. The quantitative estimate of drug-likeness (QED) is 0.584. The third-order valence-corrected chi connectivity index (χ3v) is 5.40. The van der Waals surface area contributed by atoms with Crippen LogP contribution in [0.2, 0.25) is 0 Å². The van der Waals surface area contributed by atoms with Gasteiger partial charge in [0.15, 0.2) is 5.60 Å². The van der Waals surface area contributed by atoms with Gasteiger partial charge in [-0.15, -0.1) is 11.8 Å². The van der Waals surface area contributed by atoms with Gasteiger partial charge >= 0.3 is 11.9 Å². The second-order valence-corrected chi connectivity index (χ2v) is 6.85. The van der Waals surface area contributed by atoms with Crippen LogP contribution in [0, 0.1) is 17.8 Å². The number of rotatable bonds is 4. The van der Waals surface area contributed by atoms with E-state index in [1.165, 1.54) is 24.9 Å². The van der Waals surface area contributed by atoms with E-state index >= 15 is 0 Å². The maximum absolute atomic E-state index is 11.8. The molecule has 0 aromatic carbocycles. The van der Waals surface area contributed by atoms with Crippen LogP contribution in [0.1, 0.15) is 26.7 Å². The van der Waals surface area contributed by atoms with Crippen LogP contribution in [0.5, 0.6) is 0 Å². The predicted octanol–water partition coefficient (Wildman–Crippen LogP) is 1.95. The number of methoxy groups -OCH3 is 1. The fourth-order valence-corrected chi connectivity index (χ4v) is 4.33. The summed E-state index contributed by atoms with van der Waals surface area (Å²) in [6.07, 6.45) is 3.12. The average molecular weight is 312 g/mol. The highest BCUT2D eigenvalue weighted by atomic mass is 32.2. The van der Waals surface area contributed by atoms with Gasteiger partial charge in [-0.05, 0) is 24.5 Å². The van der Waals surface area contributed by atoms with E-state index in [4.69, 9.17) is 9.47 Å². The first-order chi connectivity index (χ1) is 9.98. The van der Waals surface area contributed by atoms with Crippen LogP contribution in [0.4, 0.5) is 0 Å². The molecule has 6 heteroatoms. The minimum absolute atomic E-state index is 0.0135. The van der Waals surface area contributed by atoms with E-state index in [1.807, 2.05) is 13.8 Å². The zero-order chi connectivity index (χ0) is 15.6. The summed E-state index contributed by atoms with van der Waals surface area (Å²) in [4.78, 5) is 35.9. The molecule has 116 valence electrons. The molecule has 0 bridgehead atoms. The second-order valence-electron chi connectivity index (χ2n) is 5.54. The third kappa shape index (κ3) is 2.73. The lowest BCUT2D eigenvalue weighted by atomic mass is 9.66. The fraction of sp³-hybridized carbons (Fsp3) is 0.667. The Kier molecular flexibility index (Phi) is 4.76. The Bertz CT molecular complexity index is 486. The van der Waals surface area contributed by atoms with Crippen molar-refractivity contribution >= 4 is 30.0 Å². The summed E-state index contributed by atoms with van der Waals surface area (Å²) in [6, 6.07) is 0. The molecule has 1 spiro atoms. The van der Waals surface area contributed by atoms with Crippen molar-refractivity contribution in [1.82, 2.24) is 0 Å². The molecule has 21 heavy (non-hydrogen) atoms. The maximum atomic E-state index is 11.8. The zero-order valence-corrected chi connectivity index (χ0v) is 13.3. The van der Waals surface area contributed by atoms with Crippen LogP contribution in [0.3, 0.4) is 0 Å². The van der Waals surface area contributed by atoms with Crippen LogP contribution >= 0.6 is 11.8 Å². The predicted molar refractivity (Wildman–Crippen MR) is 78.5 cm³/mol. The summed E-state index contributed by atoms with van der Waals surface area (Å²) in [5.41, 5.74) is -0.885. The average Bonchev–Trinajstić information content (AvgIpc) is 2.75. The molecule has 4 atom stereocenters. The summed E-state index contributed by atoms with van der Waals surface area (Å²) in [5, 5.41) is 0. The highest BCUT2D eigenvalue weighted by molar-refractivity contribution is 8.03. The van der Waals surface area contributed by atoms with Gasteiger partial charge in [0.1, 0.15) is 6.29 Å². The van der Waals surface area contributed by atoms with Gasteiger partial charge in [-0.25, -0.2) is 4.79 Å². The van der Waals surface area contributed by atoms with Gasteiger partial charge in [0, 0.05) is 11.0 Å². The lowest BCUT2D eigenvalue weighted by Crippen LogP contribution is -2.50. The van der Waals surface area contributed by atoms with Gasteiger partial charge in [0.25, 0.3) is 0 Å². The summed E-state index contributed by atoms with van der Waals surface area (Å²) < 4.78 is 10.4. The molecule has 0 saturated heterocycles. The lowest BCUT2D eigenvalue weighted by Gasteiger charge is -2.44. The Balaban J connectivity index is 2.32. The summed E-state index contributed by atoms with van der Waals surface area (Å²) in [5.74, 6) is -0.758. The van der Waals surface area contributed by atoms with Crippen molar-refractivity contribution in [2.24, 2.45) is 17.8 Å². The van der Waals surface area contributed by atoms with Gasteiger partial charge in [0.05, 0.1) is 18.9 Å². The normalized spacial score (nSPS) is 35.3. The van der Waals surface area contributed by atoms with Crippen molar-refractivity contribution in [2.75, 3.05) is 12.9 Å². The maximum Gasteiger partial charge on any atom is 0.332 e. The molecule has 5 nitrogen and oxygen atoms in total. The van der Waals surface area contributed by atoms with Gasteiger partial charge in [0.2, 0.25) is 0 Å². The molecule has 2 aliphatic rings. The second kappa shape index (κ2) is 6.22. The molecule has 1 saturated carbocycles. The molecule has 1 aliphatic heterocycles. The number of aldehydes is 1. The first kappa shape index (κ1) is 16.1. The van der Waals surface area contributed by atoms with Crippen molar-refractivity contribution in [3.8, 4) is 0 Å². The first-order valence-electron chi connectivity index (χ1n) is 7.09. The smallest absolute Gasteiger partial charge is 0.332 e. The summed E-state index contributed by atoms with van der Waals surface area (Å²) in [7, 11) is 1.35. The van der Waals surface area contributed by atoms with Crippen molar-refractivity contribution in [3.63, 3.8) is 0 Å². The molecule has 0 amide bonds. The summed E-state index contributed by atoms with van der Waals surface area (Å²) >= 11 is 1.52. The monoisotopic (exact) mass is 312 g/mol. The Hall–Kier alpha value is -1.30. The van der Waals surface area contributed by atoms with Crippen LogP contribution in [0.15, 0.2) is 11.0 Å². The number of hydrogen-bond donors (Lipinski definition) is 0. The number of hydrogen-bond acceptors (Lipinski definition) is 6. The number of thioether (sulfide) groups is 1. The SMILES string of the molecule is CCSC1=CC(=O)O[C@]12C[C@@H](C)[C@@H](C(=O)OC)C[C@H]2C=O. The lowest BCUT2D eigenvalue weighted by molar-refractivity contribution is -0.163. The van der Waals surface area contributed by atoms with Gasteiger partial charge in [-0.2, -0.15) is 0 Å². The van der Waals surface area contributed by atoms with Gasteiger partial charge in [-0.1, -0.05) is 13.8 Å². The zero-order valence-electron chi connectivity index (χ0n) is 12.5. The Labute approximate surface area is 128 Å². The molecule has 1 aliphatic carbocycles. The van der Waals surface area contributed by atoms with Crippen molar-refractivity contribution in [2.45, 2.75) is 32.3 Å². The standard InChI is InChI=1S/C15H20O5S/c1-4-21-12-6-13(17)20-15(12)7-9(2)11(14(18)19-3)5-10(15)8-16/h6,8-11H,4-5,7H2,1-3H3/t9-,10+,11+,15+/m1/s1. The van der Waals surface area contributed by atoms with Gasteiger partial charge < -0.3 is 14.3 Å². The van der Waals surface area contributed by atoms with E-state index in [0.29, 0.717) is 12.8 Å². The molecule has 0 unspecified atom stereocenters. The molecule has 2 rings (SSSR count). The molecule has 0 radical (unpaired) electrons. The van der Waals surface area contributed by atoms with Crippen LogP contribution in [-0.4, -0.2) is 36.7 Å². The van der Waals surface area contributed by atoms with E-state index in [2.05, 4.69) is 0 Å². The third-order valence-electron chi connectivity index (χ3n) is 4.34. The Morgan fingerprint density at radius 3 is 2.90 bits per heavy atom. The molecule has 1 heterocycles. The molecular weight excluding hydrogens is 292 g/mol. The van der Waals surface area contributed by atoms with Crippen molar-refractivity contribution < 1.29 is 23.9 Å². The van der Waals surface area contributed by atoms with E-state index in [9.17, 15) is 14.4 Å². The highest BCUT2D eigenvalue weighted by Gasteiger charge is 2.55. The molecule has 1 fully saturated rings. The minimum Gasteiger partial charge on any atom is -0.469 e. The van der Waals surface area contributed by atoms with Crippen LogP contribution in [0.25, 0.3) is 0 Å². The molecule has 0 aromatic heterocycles. The van der Waals surface area contributed by atoms with Crippen molar-refractivity contribution in [1.29, 1.82) is 0 Å². The number of carbonyl (C=O) groups is 3.